The summed E-state index contributed by atoms with van der Waals surface area (Å²) in [4.78, 5) is 16.5. The number of carbonyl (C=O) groups is 1. The van der Waals surface area contributed by atoms with Crippen molar-refractivity contribution >= 4 is 29.1 Å². The maximum Gasteiger partial charge on any atom is 0.251 e. The van der Waals surface area contributed by atoms with Crippen LogP contribution in [0.1, 0.15) is 16.2 Å². The number of hydrogen-bond acceptors (Lipinski definition) is 5. The number of nitrogens with zero attached hydrogens (tertiary/aromatic N) is 2. The van der Waals surface area contributed by atoms with Crippen molar-refractivity contribution in [1.82, 2.24) is 15.5 Å². The zero-order valence-electron chi connectivity index (χ0n) is 13.8. The molecule has 134 valence electrons. The molecular weight excluding hydrogens is 377 g/mol. The Labute approximate surface area is 160 Å². The van der Waals surface area contributed by atoms with E-state index < -0.39 is 0 Å². The van der Waals surface area contributed by atoms with Gasteiger partial charge in [0.2, 0.25) is 11.7 Å². The van der Waals surface area contributed by atoms with Gasteiger partial charge in [-0.15, -0.1) is 0 Å². The number of ether oxygens (including phenoxy) is 1. The van der Waals surface area contributed by atoms with Crippen molar-refractivity contribution in [2.45, 2.75) is 6.42 Å². The van der Waals surface area contributed by atoms with E-state index in [0.717, 1.165) is 5.56 Å². The van der Waals surface area contributed by atoms with Crippen molar-refractivity contribution in [1.29, 1.82) is 0 Å². The lowest BCUT2D eigenvalue weighted by Crippen LogP contribution is -2.25. The van der Waals surface area contributed by atoms with Gasteiger partial charge in [-0.05, 0) is 30.3 Å². The minimum atomic E-state index is -0.264. The highest BCUT2D eigenvalue weighted by molar-refractivity contribution is 6.31. The van der Waals surface area contributed by atoms with Crippen LogP contribution in [0.25, 0.3) is 11.4 Å². The highest BCUT2D eigenvalue weighted by Crippen LogP contribution is 2.21. The van der Waals surface area contributed by atoms with Crippen LogP contribution in [0.15, 0.2) is 47.0 Å². The fraction of sp³-hybridized carbons (Fsp3) is 0.167. The number of amides is 1. The molecule has 8 heteroatoms. The van der Waals surface area contributed by atoms with Gasteiger partial charge in [-0.3, -0.25) is 4.79 Å². The zero-order valence-corrected chi connectivity index (χ0v) is 15.3. The first kappa shape index (κ1) is 18.2. The predicted molar refractivity (Wildman–Crippen MR) is 98.8 cm³/mol. The van der Waals surface area contributed by atoms with Crippen LogP contribution >= 0.6 is 23.2 Å². The number of halogens is 2. The van der Waals surface area contributed by atoms with Crippen LogP contribution in [0.4, 0.5) is 0 Å². The van der Waals surface area contributed by atoms with Crippen molar-refractivity contribution in [3.8, 4) is 17.1 Å². The number of nitrogens with one attached hydrogen (secondary N) is 1. The second kappa shape index (κ2) is 8.21. The topological polar surface area (TPSA) is 77.2 Å². The van der Waals surface area contributed by atoms with Crippen molar-refractivity contribution in [3.63, 3.8) is 0 Å². The normalized spacial score (nSPS) is 10.6. The zero-order chi connectivity index (χ0) is 18.5. The first-order chi connectivity index (χ1) is 12.5. The molecule has 0 aliphatic rings. The van der Waals surface area contributed by atoms with Gasteiger partial charge in [0.05, 0.1) is 7.11 Å². The number of hydrogen-bond donors (Lipinski definition) is 1. The van der Waals surface area contributed by atoms with E-state index in [1.807, 2.05) is 12.1 Å². The Morgan fingerprint density at radius 2 is 2.04 bits per heavy atom. The molecule has 1 heterocycles. The molecule has 0 atom stereocenters. The van der Waals surface area contributed by atoms with E-state index in [9.17, 15) is 4.79 Å². The molecule has 1 amide bonds. The quantitative estimate of drug-likeness (QED) is 0.686. The van der Waals surface area contributed by atoms with Crippen molar-refractivity contribution in [3.05, 3.63) is 64.0 Å². The Bertz CT molecular complexity index is 928. The third-order valence-corrected chi connectivity index (χ3v) is 4.00. The molecule has 0 saturated carbocycles. The number of carbonyl (C=O) groups excluding carboxylic acids is 1. The summed E-state index contributed by atoms with van der Waals surface area (Å²) in [6.45, 7) is 0.338. The summed E-state index contributed by atoms with van der Waals surface area (Å²) >= 11 is 11.9. The summed E-state index contributed by atoms with van der Waals surface area (Å²) in [7, 11) is 1.51. The van der Waals surface area contributed by atoms with Crippen LogP contribution in [0.2, 0.25) is 10.0 Å². The molecule has 1 N–H and O–H groups in total. The molecule has 1 aromatic heterocycles. The second-order valence-corrected chi connectivity index (χ2v) is 6.28. The average Bonchev–Trinajstić information content (AvgIpc) is 3.10. The summed E-state index contributed by atoms with van der Waals surface area (Å²) in [5.74, 6) is 1.13. The Hall–Kier alpha value is -2.57. The Morgan fingerprint density at radius 3 is 2.81 bits per heavy atom. The van der Waals surface area contributed by atoms with Gasteiger partial charge >= 0.3 is 0 Å². The molecule has 0 radical (unpaired) electrons. The summed E-state index contributed by atoms with van der Waals surface area (Å²) in [6, 6.07) is 12.0. The minimum Gasteiger partial charge on any atom is -0.497 e. The van der Waals surface area contributed by atoms with Gasteiger partial charge < -0.3 is 14.6 Å². The van der Waals surface area contributed by atoms with Crippen LogP contribution in [-0.4, -0.2) is 29.7 Å². The van der Waals surface area contributed by atoms with Gasteiger partial charge in [0.1, 0.15) is 5.75 Å². The average molecular weight is 392 g/mol. The van der Waals surface area contributed by atoms with Crippen LogP contribution in [0.3, 0.4) is 0 Å². The molecule has 0 unspecified atom stereocenters. The third kappa shape index (κ3) is 4.53. The van der Waals surface area contributed by atoms with Gasteiger partial charge in [-0.2, -0.15) is 4.98 Å². The Morgan fingerprint density at radius 1 is 1.19 bits per heavy atom. The largest absolute Gasteiger partial charge is 0.497 e. The monoisotopic (exact) mass is 391 g/mol. The lowest BCUT2D eigenvalue weighted by molar-refractivity contribution is 0.0953. The van der Waals surface area contributed by atoms with Crippen LogP contribution < -0.4 is 10.1 Å². The Kier molecular flexibility index (Phi) is 5.75. The van der Waals surface area contributed by atoms with E-state index in [0.29, 0.717) is 46.0 Å². The highest BCUT2D eigenvalue weighted by atomic mass is 35.5. The van der Waals surface area contributed by atoms with Crippen molar-refractivity contribution in [2.75, 3.05) is 13.7 Å². The van der Waals surface area contributed by atoms with E-state index in [-0.39, 0.29) is 5.91 Å². The van der Waals surface area contributed by atoms with Gasteiger partial charge in [-0.25, -0.2) is 0 Å². The number of benzene rings is 2. The van der Waals surface area contributed by atoms with Gasteiger partial charge in [0.15, 0.2) is 0 Å². The van der Waals surface area contributed by atoms with Crippen molar-refractivity contribution in [2.24, 2.45) is 0 Å². The summed E-state index contributed by atoms with van der Waals surface area (Å²) < 4.78 is 10.3. The van der Waals surface area contributed by atoms with Gasteiger partial charge in [0.25, 0.3) is 5.91 Å². The molecule has 26 heavy (non-hydrogen) atoms. The molecule has 2 aromatic carbocycles. The van der Waals surface area contributed by atoms with Gasteiger partial charge in [-0.1, -0.05) is 40.5 Å². The first-order valence-corrected chi connectivity index (χ1v) is 8.52. The van der Waals surface area contributed by atoms with Crippen molar-refractivity contribution < 1.29 is 14.1 Å². The number of methoxy groups -OCH3 is 1. The molecule has 3 rings (SSSR count). The van der Waals surface area contributed by atoms with E-state index in [1.165, 1.54) is 7.11 Å². The fourth-order valence-corrected chi connectivity index (χ4v) is 2.71. The molecule has 3 aromatic rings. The molecule has 0 fully saturated rings. The lowest BCUT2D eigenvalue weighted by atomic mass is 10.2. The molecule has 6 nitrogen and oxygen atoms in total. The summed E-state index contributed by atoms with van der Waals surface area (Å²) in [5.41, 5.74) is 1.18. The third-order valence-electron chi connectivity index (χ3n) is 3.54. The maximum atomic E-state index is 12.2. The fourth-order valence-electron chi connectivity index (χ4n) is 2.30. The van der Waals surface area contributed by atoms with Crippen LogP contribution in [0, 0.1) is 0 Å². The van der Waals surface area contributed by atoms with E-state index in [1.54, 1.807) is 30.3 Å². The smallest absolute Gasteiger partial charge is 0.251 e. The Balaban J connectivity index is 1.58. The molecule has 0 spiro atoms. The summed E-state index contributed by atoms with van der Waals surface area (Å²) in [6.07, 6.45) is 0.400. The van der Waals surface area contributed by atoms with E-state index in [4.69, 9.17) is 32.5 Å². The molecular formula is C18H15Cl2N3O3. The van der Waals surface area contributed by atoms with E-state index >= 15 is 0 Å². The number of aromatic nitrogens is 2. The highest BCUT2D eigenvalue weighted by Gasteiger charge is 2.11. The van der Waals surface area contributed by atoms with Crippen LogP contribution in [-0.2, 0) is 6.42 Å². The SMILES string of the molecule is COc1cc(Cl)cc(C(=O)NCCc2nc(-c3cccc(Cl)c3)no2)c1. The minimum absolute atomic E-state index is 0.264. The standard InChI is InChI=1S/C18H15Cl2N3O3/c1-25-15-9-12(8-14(20)10-15)18(24)21-6-5-16-22-17(23-26-16)11-3-2-4-13(19)7-11/h2-4,7-10H,5-6H2,1H3,(H,21,24). The van der Waals surface area contributed by atoms with E-state index in [2.05, 4.69) is 15.5 Å². The summed E-state index contributed by atoms with van der Waals surface area (Å²) in [5, 5.41) is 7.73. The molecule has 0 aliphatic carbocycles. The first-order valence-electron chi connectivity index (χ1n) is 7.76. The van der Waals surface area contributed by atoms with Crippen LogP contribution in [0.5, 0.6) is 5.75 Å². The van der Waals surface area contributed by atoms with Gasteiger partial charge in [0, 0.05) is 34.1 Å². The lowest BCUT2D eigenvalue weighted by Gasteiger charge is -2.06. The second-order valence-electron chi connectivity index (χ2n) is 5.41. The molecule has 0 saturated heterocycles. The molecule has 0 bridgehead atoms. The maximum absolute atomic E-state index is 12.2. The predicted octanol–water partition coefficient (Wildman–Crippen LogP) is 4.02. The molecule has 0 aliphatic heterocycles. The number of rotatable bonds is 6.